The number of rotatable bonds is 5. The van der Waals surface area contributed by atoms with E-state index in [1.54, 1.807) is 0 Å². The third kappa shape index (κ3) is 3.90. The van der Waals surface area contributed by atoms with Crippen LogP contribution in [0.1, 0.15) is 15.9 Å². The van der Waals surface area contributed by atoms with Gasteiger partial charge in [-0.1, -0.05) is 23.2 Å². The van der Waals surface area contributed by atoms with Crippen LogP contribution in [0.15, 0.2) is 29.3 Å². The topological polar surface area (TPSA) is 99.4 Å². The monoisotopic (exact) mass is 369 g/mol. The summed E-state index contributed by atoms with van der Waals surface area (Å²) < 4.78 is 4.87. The highest BCUT2D eigenvalue weighted by molar-refractivity contribution is 6.36. The van der Waals surface area contributed by atoms with Gasteiger partial charge in [-0.05, 0) is 24.3 Å². The molecule has 0 radical (unpaired) electrons. The molecule has 0 amide bonds. The number of aromatic hydroxyl groups is 3. The van der Waals surface area contributed by atoms with E-state index in [4.69, 9.17) is 27.9 Å². The summed E-state index contributed by atoms with van der Waals surface area (Å²) in [5.74, 6) is -1.53. The molecule has 126 valence electrons. The van der Waals surface area contributed by atoms with Crippen LogP contribution in [0.2, 0.25) is 10.0 Å². The lowest BCUT2D eigenvalue weighted by Crippen LogP contribution is -2.04. The number of hydrogen-bond donors (Lipinski definition) is 3. The first-order valence-corrected chi connectivity index (χ1v) is 7.40. The first-order valence-electron chi connectivity index (χ1n) is 6.64. The van der Waals surface area contributed by atoms with Crippen molar-refractivity contribution in [2.24, 2.45) is 4.99 Å². The standard InChI is InChI=1S/C16H13Cl2NO5/c1-24-15-3-8(2-13(21)16(15)23)14(22)7-19-6-10-11(18)4-9(17)5-12(10)20/h2-6,20-21,23H,7H2,1H3. The predicted octanol–water partition coefficient (Wildman–Crippen LogP) is 3.42. The number of halogens is 2. The molecule has 2 rings (SSSR count). The van der Waals surface area contributed by atoms with Gasteiger partial charge in [0.15, 0.2) is 17.3 Å². The fraction of sp³-hybridized carbons (Fsp3) is 0.125. The lowest BCUT2D eigenvalue weighted by Gasteiger charge is -2.07. The number of hydrogen-bond acceptors (Lipinski definition) is 6. The Labute approximate surface area is 147 Å². The lowest BCUT2D eigenvalue weighted by atomic mass is 10.1. The van der Waals surface area contributed by atoms with Gasteiger partial charge in [0.25, 0.3) is 0 Å². The van der Waals surface area contributed by atoms with Gasteiger partial charge in [-0.15, -0.1) is 0 Å². The molecule has 2 aromatic rings. The van der Waals surface area contributed by atoms with Crippen molar-refractivity contribution in [2.45, 2.75) is 0 Å². The molecule has 0 spiro atoms. The van der Waals surface area contributed by atoms with Gasteiger partial charge in [0.2, 0.25) is 5.75 Å². The van der Waals surface area contributed by atoms with E-state index in [2.05, 4.69) is 4.99 Å². The highest BCUT2D eigenvalue weighted by atomic mass is 35.5. The van der Waals surface area contributed by atoms with E-state index in [0.29, 0.717) is 0 Å². The van der Waals surface area contributed by atoms with E-state index in [0.717, 1.165) is 6.07 Å². The summed E-state index contributed by atoms with van der Waals surface area (Å²) in [5.41, 5.74) is 0.353. The number of methoxy groups -OCH3 is 1. The van der Waals surface area contributed by atoms with Gasteiger partial charge in [-0.3, -0.25) is 9.79 Å². The van der Waals surface area contributed by atoms with E-state index in [-0.39, 0.29) is 39.2 Å². The van der Waals surface area contributed by atoms with Crippen LogP contribution in [0.5, 0.6) is 23.0 Å². The number of carbonyl (C=O) groups is 1. The summed E-state index contributed by atoms with van der Waals surface area (Å²) in [5, 5.41) is 29.4. The molecule has 0 saturated carbocycles. The number of ketones is 1. The molecule has 0 atom stereocenters. The van der Waals surface area contributed by atoms with E-state index in [1.165, 1.54) is 31.5 Å². The molecule has 0 aliphatic rings. The Hall–Kier alpha value is -2.44. The van der Waals surface area contributed by atoms with Crippen molar-refractivity contribution in [2.75, 3.05) is 13.7 Å². The second kappa shape index (κ2) is 7.42. The van der Waals surface area contributed by atoms with Gasteiger partial charge in [-0.25, -0.2) is 0 Å². The average Bonchev–Trinajstić information content (AvgIpc) is 2.52. The van der Waals surface area contributed by atoms with Crippen LogP contribution in [0.3, 0.4) is 0 Å². The van der Waals surface area contributed by atoms with Gasteiger partial charge < -0.3 is 20.1 Å². The van der Waals surface area contributed by atoms with E-state index in [9.17, 15) is 20.1 Å². The minimum atomic E-state index is -0.472. The second-order valence-corrected chi connectivity index (χ2v) is 5.60. The first kappa shape index (κ1) is 17.9. The summed E-state index contributed by atoms with van der Waals surface area (Å²) in [6, 6.07) is 5.15. The highest BCUT2D eigenvalue weighted by Crippen LogP contribution is 2.36. The number of nitrogens with zero attached hydrogens (tertiary/aromatic N) is 1. The van der Waals surface area contributed by atoms with Crippen molar-refractivity contribution in [1.29, 1.82) is 0 Å². The predicted molar refractivity (Wildman–Crippen MR) is 91.2 cm³/mol. The van der Waals surface area contributed by atoms with Crippen LogP contribution in [0.25, 0.3) is 0 Å². The van der Waals surface area contributed by atoms with Crippen molar-refractivity contribution in [1.82, 2.24) is 0 Å². The molecule has 8 heteroatoms. The van der Waals surface area contributed by atoms with Crippen LogP contribution in [0.4, 0.5) is 0 Å². The summed E-state index contributed by atoms with van der Waals surface area (Å²) in [4.78, 5) is 16.0. The fourth-order valence-electron chi connectivity index (χ4n) is 1.92. The molecule has 0 aromatic heterocycles. The lowest BCUT2D eigenvalue weighted by molar-refractivity contribution is 0.100. The van der Waals surface area contributed by atoms with Crippen LogP contribution in [-0.2, 0) is 0 Å². The van der Waals surface area contributed by atoms with E-state index < -0.39 is 17.3 Å². The molecule has 0 unspecified atom stereocenters. The van der Waals surface area contributed by atoms with Gasteiger partial charge in [0.1, 0.15) is 12.3 Å². The van der Waals surface area contributed by atoms with Gasteiger partial charge in [0.05, 0.1) is 17.7 Å². The minimum absolute atomic E-state index is 0.0271. The normalized spacial score (nSPS) is 11.0. The van der Waals surface area contributed by atoms with Gasteiger partial charge >= 0.3 is 0 Å². The largest absolute Gasteiger partial charge is 0.507 e. The number of Topliss-reactive ketones (excluding diaryl/α,β-unsaturated/α-hetero) is 1. The Morgan fingerprint density at radius 1 is 1.17 bits per heavy atom. The second-order valence-electron chi connectivity index (χ2n) is 4.76. The minimum Gasteiger partial charge on any atom is -0.507 e. The van der Waals surface area contributed by atoms with E-state index in [1.807, 2.05) is 0 Å². The van der Waals surface area contributed by atoms with Crippen molar-refractivity contribution in [3.8, 4) is 23.0 Å². The maximum absolute atomic E-state index is 12.1. The molecule has 0 bridgehead atoms. The summed E-state index contributed by atoms with van der Waals surface area (Å²) >= 11 is 11.7. The number of phenols is 3. The summed E-state index contributed by atoms with van der Waals surface area (Å²) in [6.07, 6.45) is 1.25. The quantitative estimate of drug-likeness (QED) is 0.426. The SMILES string of the molecule is COc1cc(C(=O)CN=Cc2c(O)cc(Cl)cc2Cl)cc(O)c1O. The number of phenolic OH excluding ortho intramolecular Hbond substituents is 3. The molecular weight excluding hydrogens is 357 g/mol. The van der Waals surface area contributed by atoms with Crippen molar-refractivity contribution >= 4 is 35.2 Å². The Morgan fingerprint density at radius 3 is 2.50 bits per heavy atom. The molecular formula is C16H13Cl2NO5. The Kier molecular flexibility index (Phi) is 5.54. The molecule has 6 nitrogen and oxygen atoms in total. The Bertz CT molecular complexity index is 797. The molecule has 0 aliphatic carbocycles. The van der Waals surface area contributed by atoms with Crippen LogP contribution >= 0.6 is 23.2 Å². The van der Waals surface area contributed by atoms with E-state index >= 15 is 0 Å². The first-order chi connectivity index (χ1) is 11.3. The van der Waals surface area contributed by atoms with Crippen LogP contribution in [-0.4, -0.2) is 41.0 Å². The number of benzene rings is 2. The van der Waals surface area contributed by atoms with Crippen molar-refractivity contribution in [3.63, 3.8) is 0 Å². The van der Waals surface area contributed by atoms with Crippen LogP contribution in [0, 0.1) is 0 Å². The third-order valence-corrected chi connectivity index (χ3v) is 3.66. The zero-order valence-corrected chi connectivity index (χ0v) is 14.0. The van der Waals surface area contributed by atoms with Crippen molar-refractivity contribution in [3.05, 3.63) is 45.4 Å². The average molecular weight is 370 g/mol. The van der Waals surface area contributed by atoms with Gasteiger partial charge in [0, 0.05) is 16.8 Å². The molecule has 2 aromatic carbocycles. The van der Waals surface area contributed by atoms with Crippen LogP contribution < -0.4 is 4.74 Å². The number of carbonyl (C=O) groups excluding carboxylic acids is 1. The summed E-state index contributed by atoms with van der Waals surface area (Å²) in [7, 11) is 1.30. The Morgan fingerprint density at radius 2 is 1.88 bits per heavy atom. The molecule has 0 saturated heterocycles. The Balaban J connectivity index is 2.18. The molecule has 3 N–H and O–H groups in total. The summed E-state index contributed by atoms with van der Waals surface area (Å²) in [6.45, 7) is -0.258. The fourth-order valence-corrected chi connectivity index (χ4v) is 2.45. The maximum atomic E-state index is 12.1. The zero-order valence-electron chi connectivity index (χ0n) is 12.5. The number of aliphatic imine (C=N–C) groups is 1. The third-order valence-electron chi connectivity index (χ3n) is 3.12. The molecule has 0 heterocycles. The molecule has 24 heavy (non-hydrogen) atoms. The molecule has 0 fully saturated rings. The smallest absolute Gasteiger partial charge is 0.200 e. The highest BCUT2D eigenvalue weighted by Gasteiger charge is 2.14. The zero-order chi connectivity index (χ0) is 17.9. The number of ether oxygens (including phenoxy) is 1. The maximum Gasteiger partial charge on any atom is 0.200 e. The van der Waals surface area contributed by atoms with Crippen molar-refractivity contribution < 1.29 is 24.9 Å². The molecule has 0 aliphatic heterocycles. The van der Waals surface area contributed by atoms with Gasteiger partial charge in [-0.2, -0.15) is 0 Å².